The molecule has 0 saturated heterocycles. The van der Waals surface area contributed by atoms with Crippen molar-refractivity contribution >= 4 is 27.3 Å². The molecular formula is C11H11BrN2S. The molecule has 0 aliphatic carbocycles. The maximum absolute atomic E-state index is 6.10. The van der Waals surface area contributed by atoms with Crippen LogP contribution in [0.3, 0.4) is 0 Å². The van der Waals surface area contributed by atoms with Crippen molar-refractivity contribution in [2.75, 3.05) is 0 Å². The van der Waals surface area contributed by atoms with Gasteiger partial charge < -0.3 is 5.73 Å². The monoisotopic (exact) mass is 282 g/mol. The summed E-state index contributed by atoms with van der Waals surface area (Å²) in [7, 11) is 0. The zero-order valence-electron chi connectivity index (χ0n) is 8.06. The second kappa shape index (κ2) is 4.88. The molecule has 0 amide bonds. The lowest BCUT2D eigenvalue weighted by Crippen LogP contribution is -2.12. The number of aromatic nitrogens is 1. The lowest BCUT2D eigenvalue weighted by atomic mass is 10.1. The van der Waals surface area contributed by atoms with E-state index in [1.54, 1.807) is 17.5 Å². The molecule has 2 rings (SSSR count). The molecule has 1 unspecified atom stereocenters. The Kier molecular flexibility index (Phi) is 3.51. The Bertz CT molecular complexity index is 427. The molecule has 0 spiro atoms. The Balaban J connectivity index is 2.11. The third-order valence-electron chi connectivity index (χ3n) is 2.21. The van der Waals surface area contributed by atoms with Gasteiger partial charge in [0, 0.05) is 34.2 Å². The number of halogens is 1. The normalized spacial score (nSPS) is 12.7. The first-order chi connectivity index (χ1) is 7.27. The predicted octanol–water partition coefficient (Wildman–Crippen LogP) is 3.15. The highest BCUT2D eigenvalue weighted by atomic mass is 79.9. The van der Waals surface area contributed by atoms with Crippen molar-refractivity contribution < 1.29 is 0 Å². The molecule has 0 saturated carbocycles. The van der Waals surface area contributed by atoms with Crippen LogP contribution in [0.15, 0.2) is 40.4 Å². The molecule has 0 fully saturated rings. The number of rotatable bonds is 3. The van der Waals surface area contributed by atoms with Crippen molar-refractivity contribution in [3.63, 3.8) is 0 Å². The largest absolute Gasteiger partial charge is 0.324 e. The molecular weight excluding hydrogens is 272 g/mol. The van der Waals surface area contributed by atoms with E-state index in [-0.39, 0.29) is 6.04 Å². The van der Waals surface area contributed by atoms with Crippen LogP contribution in [-0.4, -0.2) is 4.98 Å². The zero-order chi connectivity index (χ0) is 10.7. The number of thiophene rings is 1. The fourth-order valence-corrected chi connectivity index (χ4v) is 2.96. The summed E-state index contributed by atoms with van der Waals surface area (Å²) in [6.07, 6.45) is 4.44. The second-order valence-corrected chi connectivity index (χ2v) is 5.14. The summed E-state index contributed by atoms with van der Waals surface area (Å²) in [6, 6.07) is 6.00. The van der Waals surface area contributed by atoms with Gasteiger partial charge in [0.05, 0.1) is 0 Å². The van der Waals surface area contributed by atoms with E-state index in [1.807, 2.05) is 18.3 Å². The average molecular weight is 283 g/mol. The Morgan fingerprint density at radius 1 is 1.47 bits per heavy atom. The minimum atomic E-state index is 0.0219. The van der Waals surface area contributed by atoms with Gasteiger partial charge in [-0.2, -0.15) is 0 Å². The Morgan fingerprint density at radius 2 is 2.33 bits per heavy atom. The van der Waals surface area contributed by atoms with Crippen LogP contribution < -0.4 is 5.73 Å². The van der Waals surface area contributed by atoms with Gasteiger partial charge in [-0.15, -0.1) is 11.3 Å². The highest BCUT2D eigenvalue weighted by Gasteiger charge is 2.10. The molecule has 2 aromatic rings. The second-order valence-electron chi connectivity index (χ2n) is 3.29. The fourth-order valence-electron chi connectivity index (χ4n) is 1.38. The van der Waals surface area contributed by atoms with Crippen molar-refractivity contribution in [2.45, 2.75) is 12.5 Å². The summed E-state index contributed by atoms with van der Waals surface area (Å²) in [4.78, 5) is 5.35. The van der Waals surface area contributed by atoms with Crippen molar-refractivity contribution in [1.29, 1.82) is 0 Å². The van der Waals surface area contributed by atoms with E-state index in [4.69, 9.17) is 5.73 Å². The summed E-state index contributed by atoms with van der Waals surface area (Å²) in [5, 5.41) is 2.06. The molecule has 2 nitrogen and oxygen atoms in total. The highest BCUT2D eigenvalue weighted by molar-refractivity contribution is 9.10. The summed E-state index contributed by atoms with van der Waals surface area (Å²) >= 11 is 5.23. The van der Waals surface area contributed by atoms with E-state index in [2.05, 4.69) is 32.4 Å². The van der Waals surface area contributed by atoms with Crippen LogP contribution in [0.2, 0.25) is 0 Å². The SMILES string of the molecule is NC(Cc1sccc1Br)c1cccnc1. The van der Waals surface area contributed by atoms with Crippen molar-refractivity contribution in [1.82, 2.24) is 4.98 Å². The topological polar surface area (TPSA) is 38.9 Å². The van der Waals surface area contributed by atoms with Gasteiger partial charge in [0.15, 0.2) is 0 Å². The summed E-state index contributed by atoms with van der Waals surface area (Å²) in [5.74, 6) is 0. The maximum Gasteiger partial charge on any atom is 0.0359 e. The number of pyridine rings is 1. The molecule has 15 heavy (non-hydrogen) atoms. The van der Waals surface area contributed by atoms with Crippen LogP contribution >= 0.6 is 27.3 Å². The molecule has 2 heterocycles. The van der Waals surface area contributed by atoms with Gasteiger partial charge in [0.1, 0.15) is 0 Å². The third-order valence-corrected chi connectivity index (χ3v) is 4.16. The van der Waals surface area contributed by atoms with Crippen LogP contribution in [0.4, 0.5) is 0 Å². The van der Waals surface area contributed by atoms with Gasteiger partial charge in [-0.1, -0.05) is 6.07 Å². The van der Waals surface area contributed by atoms with E-state index >= 15 is 0 Å². The number of nitrogens with zero attached hydrogens (tertiary/aromatic N) is 1. The molecule has 78 valence electrons. The van der Waals surface area contributed by atoms with Crippen LogP contribution in [0.1, 0.15) is 16.5 Å². The molecule has 0 aliphatic heterocycles. The van der Waals surface area contributed by atoms with Gasteiger partial charge in [0.25, 0.3) is 0 Å². The fraction of sp³-hybridized carbons (Fsp3) is 0.182. The van der Waals surface area contributed by atoms with Crippen LogP contribution in [0.25, 0.3) is 0 Å². The zero-order valence-corrected chi connectivity index (χ0v) is 10.5. The van der Waals surface area contributed by atoms with E-state index in [0.29, 0.717) is 0 Å². The number of hydrogen-bond acceptors (Lipinski definition) is 3. The maximum atomic E-state index is 6.10. The lowest BCUT2D eigenvalue weighted by molar-refractivity contribution is 0.724. The van der Waals surface area contributed by atoms with Crippen molar-refractivity contribution in [2.24, 2.45) is 5.73 Å². The van der Waals surface area contributed by atoms with E-state index in [0.717, 1.165) is 16.5 Å². The first kappa shape index (κ1) is 10.8. The quantitative estimate of drug-likeness (QED) is 0.939. The minimum absolute atomic E-state index is 0.0219. The Hall–Kier alpha value is -0.710. The van der Waals surface area contributed by atoms with Gasteiger partial charge in [0.2, 0.25) is 0 Å². The van der Waals surface area contributed by atoms with Crippen molar-refractivity contribution in [3.8, 4) is 0 Å². The smallest absolute Gasteiger partial charge is 0.0359 e. The Labute approximate surface area is 101 Å². The van der Waals surface area contributed by atoms with Crippen LogP contribution in [-0.2, 0) is 6.42 Å². The van der Waals surface area contributed by atoms with Gasteiger partial charge in [-0.3, -0.25) is 4.98 Å². The molecule has 0 bridgehead atoms. The Morgan fingerprint density at radius 3 is 2.93 bits per heavy atom. The summed E-state index contributed by atoms with van der Waals surface area (Å²) < 4.78 is 1.15. The molecule has 1 atom stereocenters. The van der Waals surface area contributed by atoms with E-state index in [1.165, 1.54) is 4.88 Å². The molecule has 0 aromatic carbocycles. The first-order valence-electron chi connectivity index (χ1n) is 4.65. The van der Waals surface area contributed by atoms with Crippen LogP contribution in [0, 0.1) is 0 Å². The molecule has 0 radical (unpaired) electrons. The van der Waals surface area contributed by atoms with E-state index in [9.17, 15) is 0 Å². The van der Waals surface area contributed by atoms with Gasteiger partial charge >= 0.3 is 0 Å². The standard InChI is InChI=1S/C11H11BrN2S/c12-9-3-5-15-11(9)6-10(13)8-2-1-4-14-7-8/h1-5,7,10H,6,13H2. The molecule has 2 aromatic heterocycles. The molecule has 0 aliphatic rings. The first-order valence-corrected chi connectivity index (χ1v) is 6.32. The lowest BCUT2D eigenvalue weighted by Gasteiger charge is -2.10. The highest BCUT2D eigenvalue weighted by Crippen LogP contribution is 2.26. The summed E-state index contributed by atoms with van der Waals surface area (Å²) in [5.41, 5.74) is 7.18. The number of hydrogen-bond donors (Lipinski definition) is 1. The van der Waals surface area contributed by atoms with Gasteiger partial charge in [-0.25, -0.2) is 0 Å². The minimum Gasteiger partial charge on any atom is -0.324 e. The van der Waals surface area contributed by atoms with Crippen molar-refractivity contribution in [3.05, 3.63) is 50.9 Å². The van der Waals surface area contributed by atoms with Crippen LogP contribution in [0.5, 0.6) is 0 Å². The summed E-state index contributed by atoms with van der Waals surface area (Å²) in [6.45, 7) is 0. The molecule has 4 heteroatoms. The molecule has 2 N–H and O–H groups in total. The third kappa shape index (κ3) is 2.65. The number of nitrogens with two attached hydrogens (primary N) is 1. The van der Waals surface area contributed by atoms with E-state index < -0.39 is 0 Å². The average Bonchev–Trinajstić information content (AvgIpc) is 2.66. The predicted molar refractivity (Wildman–Crippen MR) is 66.9 cm³/mol. The van der Waals surface area contributed by atoms with Gasteiger partial charge in [-0.05, 0) is 39.0 Å².